The van der Waals surface area contributed by atoms with Crippen molar-refractivity contribution in [1.29, 1.82) is 0 Å². The molecular formula is C24H29F2NO4S. The maximum absolute atomic E-state index is 14.0. The van der Waals surface area contributed by atoms with E-state index in [0.29, 0.717) is 37.0 Å². The second-order valence-corrected chi connectivity index (χ2v) is 12.9. The molecule has 5 aliphatic rings. The zero-order chi connectivity index (χ0) is 22.9. The molecule has 2 unspecified atom stereocenters. The zero-order valence-electron chi connectivity index (χ0n) is 18.0. The Labute approximate surface area is 187 Å². The fourth-order valence-electron chi connectivity index (χ4n) is 7.18. The van der Waals surface area contributed by atoms with Crippen molar-refractivity contribution in [3.8, 4) is 0 Å². The Bertz CT molecular complexity index is 1070. The molecule has 4 bridgehead atoms. The lowest BCUT2D eigenvalue weighted by molar-refractivity contribution is -0.152. The number of nitrogens with two attached hydrogens (primary N) is 1. The summed E-state index contributed by atoms with van der Waals surface area (Å²) in [5, 5.41) is 0. The molecule has 5 saturated carbocycles. The Kier molecular flexibility index (Phi) is 5.04. The first-order valence-electron chi connectivity index (χ1n) is 11.6. The lowest BCUT2D eigenvalue weighted by Crippen LogP contribution is -2.56. The summed E-state index contributed by atoms with van der Waals surface area (Å²) in [5.41, 5.74) is 4.70. The molecule has 1 amide bonds. The van der Waals surface area contributed by atoms with Gasteiger partial charge in [-0.15, -0.1) is 0 Å². The van der Waals surface area contributed by atoms with Crippen LogP contribution in [0.15, 0.2) is 23.1 Å². The Balaban J connectivity index is 1.26. The van der Waals surface area contributed by atoms with Gasteiger partial charge in [0.2, 0.25) is 5.91 Å². The second-order valence-electron chi connectivity index (χ2n) is 10.8. The molecule has 5 aliphatic carbocycles. The Hall–Kier alpha value is -1.83. The summed E-state index contributed by atoms with van der Waals surface area (Å²) < 4.78 is 52.7. The van der Waals surface area contributed by atoms with Crippen molar-refractivity contribution in [1.82, 2.24) is 0 Å². The second kappa shape index (κ2) is 7.34. The van der Waals surface area contributed by atoms with E-state index >= 15 is 0 Å². The number of sulfone groups is 1. The molecule has 0 spiro atoms. The zero-order valence-corrected chi connectivity index (χ0v) is 18.8. The fraction of sp³-hybridized carbons (Fsp3) is 0.667. The lowest BCUT2D eigenvalue weighted by Gasteiger charge is -2.59. The van der Waals surface area contributed by atoms with Gasteiger partial charge in [0, 0.05) is 17.3 Å². The number of rotatable bonds is 8. The molecule has 5 fully saturated rings. The molecule has 0 aromatic heterocycles. The predicted octanol–water partition coefficient (Wildman–Crippen LogP) is 3.80. The van der Waals surface area contributed by atoms with Crippen molar-refractivity contribution in [2.75, 3.05) is 5.75 Å². The Morgan fingerprint density at radius 2 is 1.72 bits per heavy atom. The summed E-state index contributed by atoms with van der Waals surface area (Å²) in [5.74, 6) is -1.61. The largest absolute Gasteiger partial charge is 0.369 e. The van der Waals surface area contributed by atoms with Gasteiger partial charge in [0.05, 0.1) is 5.75 Å². The minimum absolute atomic E-state index is 0.0954. The number of amides is 1. The number of primary amides is 1. The van der Waals surface area contributed by atoms with Gasteiger partial charge in [-0.25, -0.2) is 17.2 Å². The van der Waals surface area contributed by atoms with Crippen LogP contribution in [0.5, 0.6) is 0 Å². The maximum atomic E-state index is 14.0. The average molecular weight is 466 g/mol. The van der Waals surface area contributed by atoms with Crippen LogP contribution in [0.3, 0.4) is 0 Å². The number of carbonyl (C=O) groups is 2. The molecule has 0 saturated heterocycles. The first-order valence-corrected chi connectivity index (χ1v) is 13.2. The molecular weight excluding hydrogens is 436 g/mol. The van der Waals surface area contributed by atoms with E-state index in [2.05, 4.69) is 0 Å². The third kappa shape index (κ3) is 3.49. The van der Waals surface area contributed by atoms with Gasteiger partial charge >= 0.3 is 0 Å². The fourth-order valence-corrected chi connectivity index (χ4v) is 8.71. The third-order valence-electron chi connectivity index (χ3n) is 8.96. The summed E-state index contributed by atoms with van der Waals surface area (Å²) in [6.07, 6.45) is 6.36. The first kappa shape index (κ1) is 22.0. The molecule has 1 aromatic carbocycles. The number of ketones is 1. The van der Waals surface area contributed by atoms with Crippen LogP contribution in [-0.4, -0.2) is 25.9 Å². The van der Waals surface area contributed by atoms with Crippen LogP contribution in [0.4, 0.5) is 8.78 Å². The van der Waals surface area contributed by atoms with E-state index in [0.717, 1.165) is 44.2 Å². The number of benzene rings is 1. The van der Waals surface area contributed by atoms with E-state index in [1.165, 1.54) is 6.07 Å². The van der Waals surface area contributed by atoms with Crippen LogP contribution in [0.2, 0.25) is 0 Å². The highest BCUT2D eigenvalue weighted by molar-refractivity contribution is 7.91. The van der Waals surface area contributed by atoms with E-state index in [-0.39, 0.29) is 29.8 Å². The summed E-state index contributed by atoms with van der Waals surface area (Å²) >= 11 is 0. The van der Waals surface area contributed by atoms with Gasteiger partial charge in [0.25, 0.3) is 0 Å². The summed E-state index contributed by atoms with van der Waals surface area (Å²) in [6.45, 7) is 0. The normalized spacial score (nSPS) is 34.4. The predicted molar refractivity (Wildman–Crippen MR) is 113 cm³/mol. The standard InChI is InChI=1S/C24H29F2NO4S/c25-18-2-1-3-19(21(18)26)32(30,31)7-6-23(4-5-23)20(28)10-17-15-8-14-9-16(17)13-24(11-14,12-15)22(27)29/h1-3,14-17H,4-13H2,(H2,27,29). The Morgan fingerprint density at radius 3 is 2.31 bits per heavy atom. The van der Waals surface area contributed by atoms with Crippen LogP contribution in [0.1, 0.15) is 57.8 Å². The van der Waals surface area contributed by atoms with Crippen molar-refractivity contribution in [2.24, 2.45) is 40.2 Å². The highest BCUT2D eigenvalue weighted by atomic mass is 32.2. The molecule has 174 valence electrons. The molecule has 0 aliphatic heterocycles. The summed E-state index contributed by atoms with van der Waals surface area (Å²) in [7, 11) is -4.03. The van der Waals surface area contributed by atoms with Crippen molar-refractivity contribution in [3.05, 3.63) is 29.8 Å². The molecule has 2 N–H and O–H groups in total. The van der Waals surface area contributed by atoms with Gasteiger partial charge in [0.1, 0.15) is 10.7 Å². The third-order valence-corrected chi connectivity index (χ3v) is 10.7. The van der Waals surface area contributed by atoms with E-state index in [1.54, 1.807) is 0 Å². The first-order chi connectivity index (χ1) is 15.1. The van der Waals surface area contributed by atoms with Gasteiger partial charge in [-0.1, -0.05) is 6.07 Å². The highest BCUT2D eigenvalue weighted by Gasteiger charge is 2.59. The molecule has 0 heterocycles. The lowest BCUT2D eigenvalue weighted by atomic mass is 9.45. The maximum Gasteiger partial charge on any atom is 0.223 e. The number of carbonyl (C=O) groups excluding carboxylic acids is 2. The Morgan fingerprint density at radius 1 is 1.06 bits per heavy atom. The quantitative estimate of drug-likeness (QED) is 0.632. The van der Waals surface area contributed by atoms with Crippen LogP contribution in [-0.2, 0) is 19.4 Å². The monoisotopic (exact) mass is 465 g/mol. The average Bonchev–Trinajstić information content (AvgIpc) is 3.52. The molecule has 32 heavy (non-hydrogen) atoms. The highest BCUT2D eigenvalue weighted by Crippen LogP contribution is 2.63. The smallest absolute Gasteiger partial charge is 0.223 e. The summed E-state index contributed by atoms with van der Waals surface area (Å²) in [6, 6.07) is 3.13. The molecule has 5 nitrogen and oxygen atoms in total. The van der Waals surface area contributed by atoms with Crippen molar-refractivity contribution < 1.29 is 26.8 Å². The van der Waals surface area contributed by atoms with E-state index in [1.807, 2.05) is 0 Å². The minimum atomic E-state index is -4.03. The number of hydrogen-bond acceptors (Lipinski definition) is 4. The van der Waals surface area contributed by atoms with Gasteiger partial charge in [0.15, 0.2) is 21.5 Å². The molecule has 0 radical (unpaired) electrons. The van der Waals surface area contributed by atoms with E-state index in [9.17, 15) is 26.8 Å². The van der Waals surface area contributed by atoms with Crippen molar-refractivity contribution in [2.45, 2.75) is 62.7 Å². The molecule has 1 aromatic rings. The van der Waals surface area contributed by atoms with Gasteiger partial charge in [-0.3, -0.25) is 9.59 Å². The topological polar surface area (TPSA) is 94.3 Å². The van der Waals surface area contributed by atoms with Crippen molar-refractivity contribution >= 4 is 21.5 Å². The van der Waals surface area contributed by atoms with Crippen LogP contribution < -0.4 is 5.73 Å². The SMILES string of the molecule is NC(=O)C12CC3CC(C1)C(CC(=O)C1(CCS(=O)(=O)c4cccc(F)c4F)CC1)C(C3)C2. The summed E-state index contributed by atoms with van der Waals surface area (Å²) in [4.78, 5) is 24.8. The van der Waals surface area contributed by atoms with Crippen molar-refractivity contribution in [3.63, 3.8) is 0 Å². The van der Waals surface area contributed by atoms with E-state index in [4.69, 9.17) is 5.73 Å². The van der Waals surface area contributed by atoms with E-state index < -0.39 is 37.2 Å². The van der Waals surface area contributed by atoms with Gasteiger partial charge in [-0.05, 0) is 87.2 Å². The van der Waals surface area contributed by atoms with Crippen LogP contribution >= 0.6 is 0 Å². The van der Waals surface area contributed by atoms with Gasteiger partial charge < -0.3 is 5.73 Å². The number of halogens is 2. The van der Waals surface area contributed by atoms with Gasteiger partial charge in [-0.2, -0.15) is 0 Å². The minimum Gasteiger partial charge on any atom is -0.369 e. The molecule has 2 atom stereocenters. The number of Topliss-reactive ketones (excluding diaryl/α,β-unsaturated/α-hetero) is 1. The number of hydrogen-bond donors (Lipinski definition) is 1. The molecule has 6 rings (SSSR count). The van der Waals surface area contributed by atoms with Crippen LogP contribution in [0.25, 0.3) is 0 Å². The molecule has 8 heteroatoms. The van der Waals surface area contributed by atoms with Crippen LogP contribution in [0, 0.1) is 46.1 Å².